The highest BCUT2D eigenvalue weighted by molar-refractivity contribution is 5.30. The SMILES string of the molecule is Cc1cn(CC(C)C)c(NC2CCCCC2)n1. The van der Waals surface area contributed by atoms with Gasteiger partial charge in [-0.3, -0.25) is 0 Å². The first kappa shape index (κ1) is 12.5. The molecule has 1 aromatic heterocycles. The van der Waals surface area contributed by atoms with Gasteiger partial charge >= 0.3 is 0 Å². The molecule has 3 nitrogen and oxygen atoms in total. The van der Waals surface area contributed by atoms with E-state index in [1.165, 1.54) is 32.1 Å². The minimum absolute atomic E-state index is 0.636. The monoisotopic (exact) mass is 235 g/mol. The van der Waals surface area contributed by atoms with E-state index in [1.807, 2.05) is 0 Å². The molecule has 17 heavy (non-hydrogen) atoms. The average Bonchev–Trinajstić information content (AvgIpc) is 2.59. The summed E-state index contributed by atoms with van der Waals surface area (Å²) in [6, 6.07) is 0.636. The average molecular weight is 235 g/mol. The largest absolute Gasteiger partial charge is 0.353 e. The number of aryl methyl sites for hydroxylation is 1. The smallest absolute Gasteiger partial charge is 0.203 e. The Labute approximate surface area is 105 Å². The van der Waals surface area contributed by atoms with Crippen LogP contribution in [-0.4, -0.2) is 15.6 Å². The molecule has 0 aromatic carbocycles. The fraction of sp³-hybridized carbons (Fsp3) is 0.786. The van der Waals surface area contributed by atoms with Gasteiger partial charge in [-0.05, 0) is 25.7 Å². The summed E-state index contributed by atoms with van der Waals surface area (Å²) in [5.74, 6) is 1.73. The Morgan fingerprint density at radius 1 is 1.35 bits per heavy atom. The summed E-state index contributed by atoms with van der Waals surface area (Å²) in [5, 5.41) is 3.63. The van der Waals surface area contributed by atoms with Crippen molar-refractivity contribution in [3.63, 3.8) is 0 Å². The van der Waals surface area contributed by atoms with Crippen LogP contribution in [0.15, 0.2) is 6.20 Å². The van der Waals surface area contributed by atoms with Gasteiger partial charge in [-0.2, -0.15) is 0 Å². The van der Waals surface area contributed by atoms with E-state index < -0.39 is 0 Å². The molecule has 0 saturated heterocycles. The van der Waals surface area contributed by atoms with Crippen LogP contribution in [0.3, 0.4) is 0 Å². The molecular formula is C14H25N3. The van der Waals surface area contributed by atoms with Crippen molar-refractivity contribution in [1.29, 1.82) is 0 Å². The lowest BCUT2D eigenvalue weighted by atomic mass is 9.96. The second-order valence-corrected chi connectivity index (χ2v) is 5.73. The first-order valence-corrected chi connectivity index (χ1v) is 6.95. The lowest BCUT2D eigenvalue weighted by Gasteiger charge is -2.24. The van der Waals surface area contributed by atoms with E-state index >= 15 is 0 Å². The zero-order chi connectivity index (χ0) is 12.3. The maximum atomic E-state index is 4.61. The van der Waals surface area contributed by atoms with Crippen LogP contribution < -0.4 is 5.32 Å². The molecule has 3 heteroatoms. The molecule has 0 radical (unpaired) electrons. The normalized spacial score (nSPS) is 17.6. The van der Waals surface area contributed by atoms with E-state index in [-0.39, 0.29) is 0 Å². The lowest BCUT2D eigenvalue weighted by Crippen LogP contribution is -2.24. The summed E-state index contributed by atoms with van der Waals surface area (Å²) in [6.07, 6.45) is 8.88. The van der Waals surface area contributed by atoms with Crippen molar-refractivity contribution >= 4 is 5.95 Å². The Hall–Kier alpha value is -0.990. The predicted octanol–water partition coefficient (Wildman–Crippen LogP) is 3.59. The molecule has 0 unspecified atom stereocenters. The van der Waals surface area contributed by atoms with E-state index in [0.717, 1.165) is 18.2 Å². The molecule has 1 aromatic rings. The van der Waals surface area contributed by atoms with Crippen LogP contribution >= 0.6 is 0 Å². The molecule has 1 saturated carbocycles. The molecule has 2 rings (SSSR count). The van der Waals surface area contributed by atoms with E-state index in [1.54, 1.807) is 0 Å². The fourth-order valence-electron chi connectivity index (χ4n) is 2.62. The third kappa shape index (κ3) is 3.48. The van der Waals surface area contributed by atoms with E-state index in [2.05, 4.69) is 41.8 Å². The van der Waals surface area contributed by atoms with E-state index in [9.17, 15) is 0 Å². The van der Waals surface area contributed by atoms with Gasteiger partial charge in [0.15, 0.2) is 0 Å². The first-order valence-electron chi connectivity index (χ1n) is 6.95. The van der Waals surface area contributed by atoms with Gasteiger partial charge in [-0.25, -0.2) is 4.98 Å². The highest BCUT2D eigenvalue weighted by Crippen LogP contribution is 2.21. The molecule has 0 atom stereocenters. The zero-order valence-electron chi connectivity index (χ0n) is 11.4. The number of hydrogen-bond acceptors (Lipinski definition) is 2. The van der Waals surface area contributed by atoms with Crippen molar-refractivity contribution in [2.45, 2.75) is 65.5 Å². The van der Waals surface area contributed by atoms with Crippen molar-refractivity contribution < 1.29 is 0 Å². The zero-order valence-corrected chi connectivity index (χ0v) is 11.4. The second kappa shape index (κ2) is 5.56. The lowest BCUT2D eigenvalue weighted by molar-refractivity contribution is 0.455. The molecule has 1 aliphatic carbocycles. The second-order valence-electron chi connectivity index (χ2n) is 5.73. The van der Waals surface area contributed by atoms with Crippen LogP contribution in [0, 0.1) is 12.8 Å². The van der Waals surface area contributed by atoms with Crippen molar-refractivity contribution in [3.8, 4) is 0 Å². The Morgan fingerprint density at radius 3 is 2.71 bits per heavy atom. The first-order chi connectivity index (χ1) is 8.15. The number of nitrogens with one attached hydrogen (secondary N) is 1. The van der Waals surface area contributed by atoms with Gasteiger partial charge in [-0.1, -0.05) is 33.1 Å². The van der Waals surface area contributed by atoms with Gasteiger partial charge in [0.2, 0.25) is 5.95 Å². The minimum atomic E-state index is 0.636. The summed E-state index contributed by atoms with van der Waals surface area (Å²) in [6.45, 7) is 7.62. The molecule has 96 valence electrons. The van der Waals surface area contributed by atoms with Crippen molar-refractivity contribution in [2.75, 3.05) is 5.32 Å². The molecule has 1 heterocycles. The van der Waals surface area contributed by atoms with Crippen LogP contribution in [0.5, 0.6) is 0 Å². The Bertz CT molecular complexity index is 348. The van der Waals surface area contributed by atoms with Crippen LogP contribution in [0.4, 0.5) is 5.95 Å². The number of aromatic nitrogens is 2. The van der Waals surface area contributed by atoms with Crippen LogP contribution in [-0.2, 0) is 6.54 Å². The quantitative estimate of drug-likeness (QED) is 0.864. The Morgan fingerprint density at radius 2 is 2.06 bits per heavy atom. The summed E-state index contributed by atoms with van der Waals surface area (Å²) < 4.78 is 2.27. The Kier molecular flexibility index (Phi) is 4.08. The fourth-order valence-corrected chi connectivity index (χ4v) is 2.62. The van der Waals surface area contributed by atoms with Crippen molar-refractivity contribution in [2.24, 2.45) is 5.92 Å². The predicted molar refractivity (Wildman–Crippen MR) is 72.3 cm³/mol. The molecule has 1 fully saturated rings. The molecule has 1 N–H and O–H groups in total. The van der Waals surface area contributed by atoms with Crippen molar-refractivity contribution in [3.05, 3.63) is 11.9 Å². The van der Waals surface area contributed by atoms with E-state index in [0.29, 0.717) is 12.0 Å². The molecular weight excluding hydrogens is 210 g/mol. The summed E-state index contributed by atoms with van der Waals surface area (Å²) in [5.41, 5.74) is 1.11. The van der Waals surface area contributed by atoms with Gasteiger partial charge in [-0.15, -0.1) is 0 Å². The van der Waals surface area contributed by atoms with Crippen molar-refractivity contribution in [1.82, 2.24) is 9.55 Å². The topological polar surface area (TPSA) is 29.9 Å². The maximum absolute atomic E-state index is 4.61. The molecule has 0 amide bonds. The minimum Gasteiger partial charge on any atom is -0.353 e. The van der Waals surface area contributed by atoms with E-state index in [4.69, 9.17) is 0 Å². The summed E-state index contributed by atoms with van der Waals surface area (Å²) >= 11 is 0. The number of hydrogen-bond donors (Lipinski definition) is 1. The Balaban J connectivity index is 2.02. The standard InChI is InChI=1S/C14H25N3/c1-11(2)9-17-10-12(3)15-14(17)16-13-7-5-4-6-8-13/h10-11,13H,4-9H2,1-3H3,(H,15,16). The number of imidazole rings is 1. The van der Waals surface area contributed by atoms with Gasteiger partial charge in [0.25, 0.3) is 0 Å². The van der Waals surface area contributed by atoms with Crippen LogP contribution in [0.25, 0.3) is 0 Å². The van der Waals surface area contributed by atoms with Crippen LogP contribution in [0.2, 0.25) is 0 Å². The van der Waals surface area contributed by atoms with Crippen LogP contribution in [0.1, 0.15) is 51.6 Å². The number of nitrogens with zero attached hydrogens (tertiary/aromatic N) is 2. The molecule has 0 bridgehead atoms. The summed E-state index contributed by atoms with van der Waals surface area (Å²) in [4.78, 5) is 4.61. The highest BCUT2D eigenvalue weighted by Gasteiger charge is 2.16. The van der Waals surface area contributed by atoms with Gasteiger partial charge in [0.05, 0.1) is 5.69 Å². The van der Waals surface area contributed by atoms with Gasteiger partial charge in [0, 0.05) is 18.8 Å². The van der Waals surface area contributed by atoms with Gasteiger partial charge < -0.3 is 9.88 Å². The van der Waals surface area contributed by atoms with Gasteiger partial charge in [0.1, 0.15) is 0 Å². The summed E-state index contributed by atoms with van der Waals surface area (Å²) in [7, 11) is 0. The molecule has 0 aliphatic heterocycles. The number of rotatable bonds is 4. The maximum Gasteiger partial charge on any atom is 0.203 e. The third-order valence-electron chi connectivity index (χ3n) is 3.40. The number of anilines is 1. The highest BCUT2D eigenvalue weighted by atomic mass is 15.2. The third-order valence-corrected chi connectivity index (χ3v) is 3.40. The molecule has 1 aliphatic rings. The molecule has 0 spiro atoms.